The van der Waals surface area contributed by atoms with Crippen LogP contribution in [0.2, 0.25) is 0 Å². The number of aryl methyl sites for hydroxylation is 1. The highest BCUT2D eigenvalue weighted by Gasteiger charge is 2.43. The number of aromatic nitrogens is 5. The SMILES string of the molecule is CNCc1cccc(N2C[C@@](C)(COC(C)(C)C)c3cnc(Nc4cnnc(C)c4)nc32)n1.[HH].[HH]. The Balaban J connectivity index is 0.00000216. The van der Waals surface area contributed by atoms with E-state index in [1.54, 1.807) is 6.20 Å². The van der Waals surface area contributed by atoms with Crippen LogP contribution in [0, 0.1) is 6.92 Å². The van der Waals surface area contributed by atoms with Crippen molar-refractivity contribution in [3.63, 3.8) is 0 Å². The first-order valence-electron chi connectivity index (χ1n) is 11.1. The molecule has 0 fully saturated rings. The lowest BCUT2D eigenvalue weighted by Crippen LogP contribution is -2.37. The second-order valence-electron chi connectivity index (χ2n) is 9.71. The predicted molar refractivity (Wildman–Crippen MR) is 133 cm³/mol. The summed E-state index contributed by atoms with van der Waals surface area (Å²) >= 11 is 0. The number of fused-ring (bicyclic) bond motifs is 1. The van der Waals surface area contributed by atoms with Crippen LogP contribution in [-0.2, 0) is 16.7 Å². The molecule has 0 aliphatic carbocycles. The molecule has 178 valence electrons. The Morgan fingerprint density at radius 1 is 1.21 bits per heavy atom. The maximum Gasteiger partial charge on any atom is 0.229 e. The molecule has 3 aromatic heterocycles. The second kappa shape index (κ2) is 8.99. The summed E-state index contributed by atoms with van der Waals surface area (Å²) in [5.74, 6) is 2.19. The van der Waals surface area contributed by atoms with Crippen LogP contribution in [0.25, 0.3) is 0 Å². The van der Waals surface area contributed by atoms with Crippen LogP contribution in [-0.4, -0.2) is 50.9 Å². The zero-order chi connectivity index (χ0) is 23.6. The summed E-state index contributed by atoms with van der Waals surface area (Å²) in [7, 11) is 1.92. The Kier molecular flexibility index (Phi) is 6.27. The van der Waals surface area contributed by atoms with Gasteiger partial charge >= 0.3 is 0 Å². The number of hydrogen-bond donors (Lipinski definition) is 2. The van der Waals surface area contributed by atoms with E-state index < -0.39 is 0 Å². The second-order valence-corrected chi connectivity index (χ2v) is 9.71. The van der Waals surface area contributed by atoms with E-state index in [4.69, 9.17) is 14.7 Å². The fraction of sp³-hybridized carbons (Fsp3) is 0.458. The van der Waals surface area contributed by atoms with Gasteiger partial charge in [0.15, 0.2) is 0 Å². The fourth-order valence-corrected chi connectivity index (χ4v) is 3.83. The van der Waals surface area contributed by atoms with Gasteiger partial charge in [0.05, 0.1) is 35.5 Å². The molecule has 4 heterocycles. The van der Waals surface area contributed by atoms with Gasteiger partial charge < -0.3 is 20.3 Å². The maximum atomic E-state index is 6.22. The average molecular weight is 453 g/mol. The zero-order valence-corrected chi connectivity index (χ0v) is 20.2. The highest BCUT2D eigenvalue weighted by molar-refractivity contribution is 5.68. The minimum atomic E-state index is -0.281. The van der Waals surface area contributed by atoms with Gasteiger partial charge in [-0.1, -0.05) is 13.0 Å². The van der Waals surface area contributed by atoms with Crippen LogP contribution in [0.3, 0.4) is 0 Å². The number of nitrogens with one attached hydrogen (secondary N) is 2. The molecule has 0 radical (unpaired) electrons. The monoisotopic (exact) mass is 452 g/mol. The quantitative estimate of drug-likeness (QED) is 0.547. The van der Waals surface area contributed by atoms with Crippen molar-refractivity contribution in [2.45, 2.75) is 52.2 Å². The van der Waals surface area contributed by atoms with E-state index in [9.17, 15) is 0 Å². The summed E-state index contributed by atoms with van der Waals surface area (Å²) in [6, 6.07) is 7.97. The number of ether oxygens (including phenoxy) is 1. The Morgan fingerprint density at radius 2 is 2.03 bits per heavy atom. The molecular weight excluding hydrogens is 416 g/mol. The molecule has 9 heteroatoms. The molecule has 0 bridgehead atoms. The Labute approximate surface area is 198 Å². The summed E-state index contributed by atoms with van der Waals surface area (Å²) in [6.07, 6.45) is 3.56. The number of nitrogens with zero attached hydrogens (tertiary/aromatic N) is 6. The normalized spacial score (nSPS) is 17.8. The lowest BCUT2D eigenvalue weighted by atomic mass is 9.87. The smallest absolute Gasteiger partial charge is 0.229 e. The van der Waals surface area contributed by atoms with E-state index in [0.717, 1.165) is 34.3 Å². The average Bonchev–Trinajstić information content (AvgIpc) is 3.05. The third-order valence-corrected chi connectivity index (χ3v) is 5.46. The van der Waals surface area contributed by atoms with Crippen molar-refractivity contribution in [2.75, 3.05) is 30.4 Å². The van der Waals surface area contributed by atoms with Crippen molar-refractivity contribution in [3.05, 3.63) is 53.6 Å². The molecule has 0 amide bonds. The van der Waals surface area contributed by atoms with Gasteiger partial charge in [0.2, 0.25) is 5.95 Å². The molecule has 3 aromatic rings. The van der Waals surface area contributed by atoms with Crippen molar-refractivity contribution in [3.8, 4) is 0 Å². The lowest BCUT2D eigenvalue weighted by Gasteiger charge is -2.30. The van der Waals surface area contributed by atoms with Crippen LogP contribution < -0.4 is 15.5 Å². The molecule has 1 aliphatic rings. The number of rotatable bonds is 7. The molecule has 33 heavy (non-hydrogen) atoms. The van der Waals surface area contributed by atoms with E-state index in [0.29, 0.717) is 25.6 Å². The standard InChI is InChI=1S/C24H32N8O.2H2/c1-16-10-18(12-27-31-16)29-22-26-13-19-21(30-22)32(14-24(19,5)15-33-23(2,3)4)20-9-7-8-17(28-20)11-25-6;;/h7-10,12-13,25H,11,14-15H2,1-6H3,(H,26,29,30,31);2*1H/t24-;;/m0../s1. The van der Waals surface area contributed by atoms with E-state index >= 15 is 0 Å². The topological polar surface area (TPSA) is 101 Å². The van der Waals surface area contributed by atoms with Crippen molar-refractivity contribution in [1.29, 1.82) is 0 Å². The first kappa shape index (κ1) is 23.0. The Hall–Kier alpha value is -3.17. The van der Waals surface area contributed by atoms with Gasteiger partial charge in [-0.15, -0.1) is 0 Å². The zero-order valence-electron chi connectivity index (χ0n) is 20.2. The predicted octanol–water partition coefficient (Wildman–Crippen LogP) is 4.15. The summed E-state index contributed by atoms with van der Waals surface area (Å²) in [5.41, 5.74) is 3.11. The molecular formula is C24H36N8O. The first-order chi connectivity index (χ1) is 15.7. The summed E-state index contributed by atoms with van der Waals surface area (Å²) in [5, 5.41) is 14.4. The number of hydrogen-bond acceptors (Lipinski definition) is 9. The van der Waals surface area contributed by atoms with E-state index in [2.05, 4.69) is 58.4 Å². The Bertz CT molecular complexity index is 1140. The molecule has 0 aromatic carbocycles. The van der Waals surface area contributed by atoms with Crippen molar-refractivity contribution >= 4 is 23.3 Å². The van der Waals surface area contributed by atoms with Crippen LogP contribution in [0.1, 0.15) is 47.5 Å². The van der Waals surface area contributed by atoms with Gasteiger partial charge in [0.1, 0.15) is 11.6 Å². The molecule has 1 atom stereocenters. The van der Waals surface area contributed by atoms with Gasteiger partial charge in [-0.05, 0) is 52.9 Å². The highest BCUT2D eigenvalue weighted by Crippen LogP contribution is 2.43. The highest BCUT2D eigenvalue weighted by atomic mass is 16.5. The molecule has 0 unspecified atom stereocenters. The van der Waals surface area contributed by atoms with E-state index in [1.807, 2.05) is 44.4 Å². The molecule has 0 saturated heterocycles. The Morgan fingerprint density at radius 3 is 2.76 bits per heavy atom. The van der Waals surface area contributed by atoms with E-state index in [-0.39, 0.29) is 13.9 Å². The minimum Gasteiger partial charge on any atom is -0.375 e. The van der Waals surface area contributed by atoms with Gasteiger partial charge in [-0.25, -0.2) is 9.97 Å². The van der Waals surface area contributed by atoms with Crippen molar-refractivity contribution < 1.29 is 7.59 Å². The molecule has 4 rings (SSSR count). The number of anilines is 4. The van der Waals surface area contributed by atoms with Crippen LogP contribution in [0.5, 0.6) is 0 Å². The summed E-state index contributed by atoms with van der Waals surface area (Å²) in [6.45, 7) is 12.3. The van der Waals surface area contributed by atoms with Gasteiger partial charge in [0, 0.05) is 33.1 Å². The van der Waals surface area contributed by atoms with Crippen LogP contribution in [0.15, 0.2) is 36.7 Å². The number of pyridine rings is 1. The van der Waals surface area contributed by atoms with E-state index in [1.165, 1.54) is 0 Å². The minimum absolute atomic E-state index is 0. The molecule has 9 nitrogen and oxygen atoms in total. The third kappa shape index (κ3) is 5.26. The van der Waals surface area contributed by atoms with Crippen LogP contribution >= 0.6 is 0 Å². The molecule has 0 spiro atoms. The molecule has 2 N–H and O–H groups in total. The van der Waals surface area contributed by atoms with Crippen LogP contribution in [0.4, 0.5) is 23.3 Å². The fourth-order valence-electron chi connectivity index (χ4n) is 3.83. The molecule has 0 saturated carbocycles. The maximum absolute atomic E-state index is 6.22. The first-order valence-corrected chi connectivity index (χ1v) is 11.1. The third-order valence-electron chi connectivity index (χ3n) is 5.46. The van der Waals surface area contributed by atoms with Gasteiger partial charge in [-0.2, -0.15) is 15.2 Å². The van der Waals surface area contributed by atoms with Crippen molar-refractivity contribution in [2.24, 2.45) is 0 Å². The molecule has 1 aliphatic heterocycles. The lowest BCUT2D eigenvalue weighted by molar-refractivity contribution is -0.0252. The summed E-state index contributed by atoms with van der Waals surface area (Å²) < 4.78 is 6.22. The van der Waals surface area contributed by atoms with Gasteiger partial charge in [-0.3, -0.25) is 0 Å². The largest absolute Gasteiger partial charge is 0.375 e. The summed E-state index contributed by atoms with van der Waals surface area (Å²) in [4.78, 5) is 16.5. The van der Waals surface area contributed by atoms with Crippen molar-refractivity contribution in [1.82, 2.24) is 30.5 Å². The van der Waals surface area contributed by atoms with Gasteiger partial charge in [0.25, 0.3) is 0 Å².